The van der Waals surface area contributed by atoms with Gasteiger partial charge >= 0.3 is 0 Å². The molecule has 0 radical (unpaired) electrons. The van der Waals surface area contributed by atoms with Crippen molar-refractivity contribution in [1.29, 1.82) is 0 Å². The highest BCUT2D eigenvalue weighted by Crippen LogP contribution is 2.36. The molecule has 1 aliphatic heterocycles. The molecule has 2 unspecified atom stereocenters. The summed E-state index contributed by atoms with van der Waals surface area (Å²) in [5.41, 5.74) is 1.04. The monoisotopic (exact) mass is 244 g/mol. The first-order valence-corrected chi connectivity index (χ1v) is 6.15. The molecule has 5 nitrogen and oxygen atoms in total. The first-order valence-electron chi connectivity index (χ1n) is 6.15. The third kappa shape index (κ3) is 2.02. The van der Waals surface area contributed by atoms with Crippen molar-refractivity contribution in [3.63, 3.8) is 0 Å². The second-order valence-electron chi connectivity index (χ2n) is 4.75. The number of H-pyrrole nitrogens is 1. The molecule has 0 aliphatic carbocycles. The van der Waals surface area contributed by atoms with Gasteiger partial charge in [0.15, 0.2) is 0 Å². The molecule has 94 valence electrons. The number of aliphatic hydroxyl groups is 1. The molecule has 0 saturated carbocycles. The van der Waals surface area contributed by atoms with Gasteiger partial charge in [-0.3, -0.25) is 0 Å². The van der Waals surface area contributed by atoms with Gasteiger partial charge in [0.1, 0.15) is 0 Å². The summed E-state index contributed by atoms with van der Waals surface area (Å²) in [5, 5.41) is 24.7. The molecular formula is C13H16N4O. The largest absolute Gasteiger partial charge is 0.385 e. The molecule has 0 spiro atoms. The molecule has 1 saturated heterocycles. The van der Waals surface area contributed by atoms with Gasteiger partial charge in [0.25, 0.3) is 0 Å². The van der Waals surface area contributed by atoms with E-state index in [-0.39, 0.29) is 6.04 Å². The summed E-state index contributed by atoms with van der Waals surface area (Å²) in [7, 11) is 0. The predicted octanol–water partition coefficient (Wildman–Crippen LogP) is 1.12. The van der Waals surface area contributed by atoms with Crippen LogP contribution >= 0.6 is 0 Å². The lowest BCUT2D eigenvalue weighted by atomic mass is 9.81. The number of hydrogen-bond donors (Lipinski definition) is 3. The molecule has 18 heavy (non-hydrogen) atoms. The summed E-state index contributed by atoms with van der Waals surface area (Å²) in [5.74, 6) is 0. The molecule has 0 amide bonds. The smallest absolute Gasteiger partial charge is 0.0995 e. The van der Waals surface area contributed by atoms with E-state index in [0.29, 0.717) is 12.8 Å². The van der Waals surface area contributed by atoms with Crippen molar-refractivity contribution in [2.24, 2.45) is 0 Å². The van der Waals surface area contributed by atoms with Crippen LogP contribution in [0.4, 0.5) is 0 Å². The van der Waals surface area contributed by atoms with Gasteiger partial charge in [0, 0.05) is 6.42 Å². The van der Waals surface area contributed by atoms with Gasteiger partial charge in [0.05, 0.1) is 23.5 Å². The maximum atomic E-state index is 10.8. The molecular weight excluding hydrogens is 228 g/mol. The first kappa shape index (κ1) is 11.4. The second kappa shape index (κ2) is 4.51. The lowest BCUT2D eigenvalue weighted by Gasteiger charge is -2.37. The Morgan fingerprint density at radius 3 is 2.83 bits per heavy atom. The molecule has 2 heterocycles. The maximum Gasteiger partial charge on any atom is 0.0995 e. The van der Waals surface area contributed by atoms with Crippen LogP contribution in [0.3, 0.4) is 0 Å². The first-order chi connectivity index (χ1) is 8.78. The standard InChI is InChI=1S/C13H16N4O/c18-13(10-4-2-1-3-5-10)6-7-14-11(8-13)12-9-15-17-16-12/h1-5,9,11,14,18H,6-8H2,(H,15,16,17). The molecule has 3 rings (SSSR count). The van der Waals surface area contributed by atoms with Crippen molar-refractivity contribution in [3.8, 4) is 0 Å². The Balaban J connectivity index is 1.85. The van der Waals surface area contributed by atoms with Crippen LogP contribution in [0.15, 0.2) is 36.5 Å². The number of benzene rings is 1. The molecule has 1 fully saturated rings. The number of piperidine rings is 1. The van der Waals surface area contributed by atoms with Crippen molar-refractivity contribution in [3.05, 3.63) is 47.8 Å². The minimum Gasteiger partial charge on any atom is -0.385 e. The highest BCUT2D eigenvalue weighted by atomic mass is 16.3. The van der Waals surface area contributed by atoms with Crippen molar-refractivity contribution in [2.75, 3.05) is 6.54 Å². The molecule has 0 bridgehead atoms. The molecule has 2 atom stereocenters. The fourth-order valence-electron chi connectivity index (χ4n) is 2.56. The SMILES string of the molecule is OC1(c2ccccc2)CCNC(c2cn[nH]n2)C1. The van der Waals surface area contributed by atoms with Gasteiger partial charge in [-0.05, 0) is 18.5 Å². The van der Waals surface area contributed by atoms with Crippen molar-refractivity contribution in [2.45, 2.75) is 24.5 Å². The number of nitrogens with one attached hydrogen (secondary N) is 2. The van der Waals surface area contributed by atoms with Gasteiger partial charge in [-0.1, -0.05) is 30.3 Å². The zero-order chi connectivity index (χ0) is 12.4. The van der Waals surface area contributed by atoms with Crippen LogP contribution in [0.1, 0.15) is 30.1 Å². The van der Waals surface area contributed by atoms with Gasteiger partial charge in [-0.25, -0.2) is 0 Å². The third-order valence-electron chi connectivity index (χ3n) is 3.57. The molecule has 1 aromatic carbocycles. The van der Waals surface area contributed by atoms with E-state index in [4.69, 9.17) is 0 Å². The van der Waals surface area contributed by atoms with E-state index in [1.54, 1.807) is 6.20 Å². The molecule has 2 aromatic rings. The Kier molecular flexibility index (Phi) is 2.85. The lowest BCUT2D eigenvalue weighted by molar-refractivity contribution is -0.01000. The number of hydrogen-bond acceptors (Lipinski definition) is 4. The summed E-state index contributed by atoms with van der Waals surface area (Å²) in [4.78, 5) is 0. The molecule has 1 aromatic heterocycles. The van der Waals surface area contributed by atoms with E-state index in [9.17, 15) is 5.11 Å². The Morgan fingerprint density at radius 2 is 2.11 bits per heavy atom. The maximum absolute atomic E-state index is 10.8. The normalized spacial score (nSPS) is 28.2. The second-order valence-corrected chi connectivity index (χ2v) is 4.75. The minimum atomic E-state index is -0.782. The fourth-order valence-corrected chi connectivity index (χ4v) is 2.56. The van der Waals surface area contributed by atoms with Crippen LogP contribution in [-0.2, 0) is 5.60 Å². The Morgan fingerprint density at radius 1 is 1.28 bits per heavy atom. The number of nitrogens with zero attached hydrogens (tertiary/aromatic N) is 2. The Labute approximate surface area is 105 Å². The summed E-state index contributed by atoms with van der Waals surface area (Å²) < 4.78 is 0. The van der Waals surface area contributed by atoms with Gasteiger partial charge in [0.2, 0.25) is 0 Å². The number of aromatic amines is 1. The summed E-state index contributed by atoms with van der Waals surface area (Å²) in [6.45, 7) is 0.767. The van der Waals surface area contributed by atoms with Crippen LogP contribution in [-0.4, -0.2) is 27.1 Å². The summed E-state index contributed by atoms with van der Waals surface area (Å²) >= 11 is 0. The van der Waals surface area contributed by atoms with Crippen molar-refractivity contribution in [1.82, 2.24) is 20.7 Å². The topological polar surface area (TPSA) is 73.8 Å². The van der Waals surface area contributed by atoms with Gasteiger partial charge in [-0.15, -0.1) is 0 Å². The molecule has 1 aliphatic rings. The lowest BCUT2D eigenvalue weighted by Crippen LogP contribution is -2.42. The van der Waals surface area contributed by atoms with E-state index < -0.39 is 5.60 Å². The van der Waals surface area contributed by atoms with E-state index in [1.165, 1.54) is 0 Å². The van der Waals surface area contributed by atoms with E-state index >= 15 is 0 Å². The highest BCUT2D eigenvalue weighted by molar-refractivity contribution is 5.24. The van der Waals surface area contributed by atoms with Gasteiger partial charge in [-0.2, -0.15) is 15.4 Å². The van der Waals surface area contributed by atoms with Crippen LogP contribution in [0.25, 0.3) is 0 Å². The third-order valence-corrected chi connectivity index (χ3v) is 3.57. The average Bonchev–Trinajstić information content (AvgIpc) is 2.94. The summed E-state index contributed by atoms with van der Waals surface area (Å²) in [6, 6.07) is 9.88. The minimum absolute atomic E-state index is 0.0442. The van der Waals surface area contributed by atoms with Gasteiger partial charge < -0.3 is 10.4 Å². The Bertz CT molecular complexity index is 499. The van der Waals surface area contributed by atoms with Crippen molar-refractivity contribution < 1.29 is 5.11 Å². The van der Waals surface area contributed by atoms with Crippen LogP contribution in [0.5, 0.6) is 0 Å². The Hall–Kier alpha value is -1.72. The zero-order valence-electron chi connectivity index (χ0n) is 10.0. The number of rotatable bonds is 2. The van der Waals surface area contributed by atoms with Crippen LogP contribution in [0, 0.1) is 0 Å². The molecule has 5 heteroatoms. The quantitative estimate of drug-likeness (QED) is 0.740. The summed E-state index contributed by atoms with van der Waals surface area (Å²) in [6.07, 6.45) is 3.03. The predicted molar refractivity (Wildman–Crippen MR) is 66.7 cm³/mol. The average molecular weight is 244 g/mol. The van der Waals surface area contributed by atoms with Crippen molar-refractivity contribution >= 4 is 0 Å². The van der Waals surface area contributed by atoms with E-state index in [2.05, 4.69) is 20.7 Å². The highest BCUT2D eigenvalue weighted by Gasteiger charge is 2.36. The van der Waals surface area contributed by atoms with Crippen LogP contribution in [0.2, 0.25) is 0 Å². The van der Waals surface area contributed by atoms with Crippen LogP contribution < -0.4 is 5.32 Å². The van der Waals surface area contributed by atoms with E-state index in [1.807, 2.05) is 30.3 Å². The fraction of sp³-hybridized carbons (Fsp3) is 0.385. The van der Waals surface area contributed by atoms with E-state index in [0.717, 1.165) is 17.8 Å². The number of aromatic nitrogens is 3. The molecule has 3 N–H and O–H groups in total. The zero-order valence-corrected chi connectivity index (χ0v) is 10.0.